The molecule has 0 N–H and O–H groups in total. The van der Waals surface area contributed by atoms with Gasteiger partial charge in [-0.2, -0.15) is 0 Å². The molecule has 0 bridgehead atoms. The second-order valence-electron chi connectivity index (χ2n) is 8.17. The van der Waals surface area contributed by atoms with Gasteiger partial charge in [-0.25, -0.2) is 13.9 Å². The first-order valence-corrected chi connectivity index (χ1v) is 12.7. The molecule has 0 spiro atoms. The normalized spacial score (nSPS) is 12.9. The van der Waals surface area contributed by atoms with Crippen LogP contribution in [0.25, 0.3) is 22.5 Å². The largest absolute Gasteiger partial charge is 0.404 e. The molecule has 0 aliphatic heterocycles. The maximum Gasteiger partial charge on any atom is 0.404 e. The Bertz CT molecular complexity index is 1190. The molecule has 3 aromatic rings. The van der Waals surface area contributed by atoms with Gasteiger partial charge < -0.3 is 9.05 Å². The van der Waals surface area contributed by atoms with Crippen molar-refractivity contribution in [3.05, 3.63) is 90.0 Å². The number of rotatable bonds is 10. The molecule has 0 radical (unpaired) electrons. The summed E-state index contributed by atoms with van der Waals surface area (Å²) in [5.74, 6) is 0.274. The molecule has 178 valence electrons. The Labute approximate surface area is 200 Å². The fourth-order valence-electron chi connectivity index (χ4n) is 3.72. The van der Waals surface area contributed by atoms with E-state index >= 15 is 0 Å². The van der Waals surface area contributed by atoms with E-state index in [4.69, 9.17) is 14.0 Å². The van der Waals surface area contributed by atoms with Gasteiger partial charge in [0.05, 0.1) is 11.4 Å². The standard InChI is InChI=1S/C27H29FNO4P/c1-5-34(31,32-4)33-26(30)13-9-12-23-24(19(2)3)18-25(20-10-7-6-8-11-20)29-27(23)21-14-16-22(28)17-15-21/h5-8,10-11,14-19H,1,9,12-13H2,2-4H3. The molecule has 5 nitrogen and oxygen atoms in total. The van der Waals surface area contributed by atoms with Crippen molar-refractivity contribution in [2.24, 2.45) is 0 Å². The van der Waals surface area contributed by atoms with Crippen LogP contribution in [0.15, 0.2) is 73.1 Å². The van der Waals surface area contributed by atoms with Crippen molar-refractivity contribution in [2.75, 3.05) is 7.11 Å². The third kappa shape index (κ3) is 6.28. The predicted molar refractivity (Wildman–Crippen MR) is 133 cm³/mol. The molecule has 0 saturated heterocycles. The SMILES string of the molecule is C=CP(=O)(OC)OC(=O)CCCc1c(C(C)C)cc(-c2ccccc2)nc1-c1ccc(F)cc1. The molecule has 7 heteroatoms. The molecular weight excluding hydrogens is 452 g/mol. The highest BCUT2D eigenvalue weighted by Crippen LogP contribution is 2.48. The van der Waals surface area contributed by atoms with Gasteiger partial charge in [-0.1, -0.05) is 50.8 Å². The number of pyridine rings is 1. The van der Waals surface area contributed by atoms with Gasteiger partial charge in [-0.3, -0.25) is 4.79 Å². The van der Waals surface area contributed by atoms with E-state index in [1.54, 1.807) is 12.1 Å². The molecule has 0 aliphatic rings. The van der Waals surface area contributed by atoms with E-state index in [1.165, 1.54) is 19.2 Å². The third-order valence-electron chi connectivity index (χ3n) is 5.48. The van der Waals surface area contributed by atoms with Crippen molar-refractivity contribution in [1.82, 2.24) is 4.98 Å². The van der Waals surface area contributed by atoms with E-state index in [0.717, 1.165) is 39.5 Å². The van der Waals surface area contributed by atoms with Crippen LogP contribution < -0.4 is 0 Å². The zero-order valence-electron chi connectivity index (χ0n) is 19.7. The van der Waals surface area contributed by atoms with E-state index in [2.05, 4.69) is 26.5 Å². The summed E-state index contributed by atoms with van der Waals surface area (Å²) in [6.45, 7) is 7.61. The minimum atomic E-state index is -3.61. The first-order chi connectivity index (χ1) is 16.3. The number of aromatic nitrogens is 1. The van der Waals surface area contributed by atoms with Gasteiger partial charge in [0.2, 0.25) is 0 Å². The van der Waals surface area contributed by atoms with E-state index in [0.29, 0.717) is 12.8 Å². The molecule has 0 fully saturated rings. The van der Waals surface area contributed by atoms with Crippen LogP contribution in [0.4, 0.5) is 4.39 Å². The fourth-order valence-corrected chi connectivity index (χ4v) is 4.39. The van der Waals surface area contributed by atoms with E-state index < -0.39 is 13.6 Å². The quantitative estimate of drug-likeness (QED) is 0.280. The number of hydrogen-bond acceptors (Lipinski definition) is 5. The van der Waals surface area contributed by atoms with Crippen LogP contribution in [0, 0.1) is 5.82 Å². The Kier molecular flexibility index (Phi) is 8.54. The molecule has 0 amide bonds. The highest BCUT2D eigenvalue weighted by atomic mass is 31.2. The van der Waals surface area contributed by atoms with Crippen LogP contribution in [0.2, 0.25) is 0 Å². The predicted octanol–water partition coefficient (Wildman–Crippen LogP) is 7.53. The van der Waals surface area contributed by atoms with Gasteiger partial charge in [-0.05, 0) is 60.2 Å². The molecule has 34 heavy (non-hydrogen) atoms. The minimum absolute atomic E-state index is 0.0576. The number of carbonyl (C=O) groups is 1. The number of hydrogen-bond donors (Lipinski definition) is 0. The van der Waals surface area contributed by atoms with Crippen molar-refractivity contribution < 1.29 is 22.8 Å². The smallest absolute Gasteiger partial charge is 0.389 e. The highest BCUT2D eigenvalue weighted by Gasteiger charge is 2.23. The zero-order valence-corrected chi connectivity index (χ0v) is 20.6. The van der Waals surface area contributed by atoms with Crippen molar-refractivity contribution >= 4 is 13.6 Å². The summed E-state index contributed by atoms with van der Waals surface area (Å²) in [6, 6.07) is 18.2. The molecule has 0 aliphatic carbocycles. The molecule has 1 atom stereocenters. The Morgan fingerprint density at radius 1 is 1.12 bits per heavy atom. The van der Waals surface area contributed by atoms with Crippen molar-refractivity contribution in [3.63, 3.8) is 0 Å². The summed E-state index contributed by atoms with van der Waals surface area (Å²) in [5.41, 5.74) is 5.48. The molecular formula is C27H29FNO4P. The van der Waals surface area contributed by atoms with Gasteiger partial charge in [-0.15, -0.1) is 0 Å². The van der Waals surface area contributed by atoms with Crippen LogP contribution in [0.1, 0.15) is 43.7 Å². The molecule has 1 aromatic heterocycles. The molecule has 1 heterocycles. The minimum Gasteiger partial charge on any atom is -0.389 e. The number of halogens is 1. The first kappa shape index (κ1) is 25.5. The zero-order chi connectivity index (χ0) is 24.7. The monoisotopic (exact) mass is 481 g/mol. The number of carbonyl (C=O) groups excluding carboxylic acids is 1. The lowest BCUT2D eigenvalue weighted by molar-refractivity contribution is -0.134. The average molecular weight is 482 g/mol. The van der Waals surface area contributed by atoms with E-state index in [9.17, 15) is 13.8 Å². The Balaban J connectivity index is 1.97. The van der Waals surface area contributed by atoms with Crippen molar-refractivity contribution in [3.8, 4) is 22.5 Å². The molecule has 1 unspecified atom stereocenters. The lowest BCUT2D eigenvalue weighted by atomic mass is 9.89. The first-order valence-electron chi connectivity index (χ1n) is 11.1. The van der Waals surface area contributed by atoms with Gasteiger partial charge in [0, 0.05) is 30.5 Å². The molecule has 3 rings (SSSR count). The van der Waals surface area contributed by atoms with Gasteiger partial charge in [0.1, 0.15) is 5.82 Å². The highest BCUT2D eigenvalue weighted by molar-refractivity contribution is 7.57. The maximum absolute atomic E-state index is 13.6. The lowest BCUT2D eigenvalue weighted by Crippen LogP contribution is -2.07. The topological polar surface area (TPSA) is 65.5 Å². The van der Waals surface area contributed by atoms with E-state index in [-0.39, 0.29) is 18.2 Å². The summed E-state index contributed by atoms with van der Waals surface area (Å²) in [7, 11) is -2.40. The van der Waals surface area contributed by atoms with Gasteiger partial charge in [0.15, 0.2) is 0 Å². The third-order valence-corrected chi connectivity index (χ3v) is 6.90. The second kappa shape index (κ2) is 11.4. The summed E-state index contributed by atoms with van der Waals surface area (Å²) >= 11 is 0. The fraction of sp³-hybridized carbons (Fsp3) is 0.259. The van der Waals surface area contributed by atoms with Crippen LogP contribution in [-0.2, 0) is 24.8 Å². The number of nitrogens with zero attached hydrogens (tertiary/aromatic N) is 1. The average Bonchev–Trinajstić information content (AvgIpc) is 2.84. The maximum atomic E-state index is 13.6. The Hall–Kier alpha value is -3.08. The molecule has 0 saturated carbocycles. The second-order valence-corrected chi connectivity index (χ2v) is 10.2. The van der Waals surface area contributed by atoms with Crippen molar-refractivity contribution in [1.29, 1.82) is 0 Å². The lowest BCUT2D eigenvalue weighted by Gasteiger charge is -2.19. The van der Waals surface area contributed by atoms with Gasteiger partial charge in [0.25, 0.3) is 0 Å². The Morgan fingerprint density at radius 2 is 1.79 bits per heavy atom. The van der Waals surface area contributed by atoms with Crippen LogP contribution in [0.3, 0.4) is 0 Å². The van der Waals surface area contributed by atoms with Crippen LogP contribution in [0.5, 0.6) is 0 Å². The van der Waals surface area contributed by atoms with Crippen LogP contribution in [-0.4, -0.2) is 18.1 Å². The van der Waals surface area contributed by atoms with Crippen LogP contribution >= 0.6 is 7.60 Å². The van der Waals surface area contributed by atoms with Gasteiger partial charge >= 0.3 is 13.6 Å². The summed E-state index contributed by atoms with van der Waals surface area (Å²) in [5, 5.41) is 0. The summed E-state index contributed by atoms with van der Waals surface area (Å²) in [4.78, 5) is 17.2. The molecule has 2 aromatic carbocycles. The van der Waals surface area contributed by atoms with Crippen molar-refractivity contribution in [2.45, 2.75) is 39.0 Å². The Morgan fingerprint density at radius 3 is 2.38 bits per heavy atom. The van der Waals surface area contributed by atoms with E-state index in [1.807, 2.05) is 30.3 Å². The summed E-state index contributed by atoms with van der Waals surface area (Å²) < 4.78 is 35.5. The summed E-state index contributed by atoms with van der Waals surface area (Å²) in [6.07, 6.45) is 1.06. The number of benzene rings is 2.